The van der Waals surface area contributed by atoms with Gasteiger partial charge in [-0.25, -0.2) is 13.1 Å². The molecule has 6 nitrogen and oxygen atoms in total. The molecule has 0 bridgehead atoms. The Morgan fingerprint density at radius 2 is 2.14 bits per heavy atom. The van der Waals surface area contributed by atoms with Crippen LogP contribution in [-0.2, 0) is 10.0 Å². The highest BCUT2D eigenvalue weighted by Crippen LogP contribution is 2.21. The zero-order valence-corrected chi connectivity index (χ0v) is 13.9. The predicted octanol–water partition coefficient (Wildman–Crippen LogP) is 1.16. The highest BCUT2D eigenvalue weighted by atomic mass is 32.2. The molecule has 1 heterocycles. The van der Waals surface area contributed by atoms with Gasteiger partial charge in [0.05, 0.1) is 13.4 Å². The average molecular weight is 326 g/mol. The van der Waals surface area contributed by atoms with Crippen molar-refractivity contribution in [2.45, 2.75) is 25.8 Å². The van der Waals surface area contributed by atoms with Gasteiger partial charge in [0.2, 0.25) is 10.0 Å². The lowest BCUT2D eigenvalue weighted by atomic mass is 10.0. The molecule has 1 aliphatic rings. The van der Waals surface area contributed by atoms with Crippen LogP contribution in [0.1, 0.15) is 28.8 Å². The van der Waals surface area contributed by atoms with E-state index < -0.39 is 10.0 Å². The number of ether oxygens (including phenoxy) is 1. The third kappa shape index (κ3) is 4.20. The van der Waals surface area contributed by atoms with Crippen LogP contribution in [0, 0.1) is 6.92 Å². The van der Waals surface area contributed by atoms with Crippen molar-refractivity contribution in [1.29, 1.82) is 0 Å². The Hall–Kier alpha value is -1.60. The molecular formula is C15H22N2O4S. The second-order valence-electron chi connectivity index (χ2n) is 5.66. The summed E-state index contributed by atoms with van der Waals surface area (Å²) < 4.78 is 30.5. The summed E-state index contributed by atoms with van der Waals surface area (Å²) in [5, 5.41) is 0. The molecule has 2 rings (SSSR count). The van der Waals surface area contributed by atoms with Crippen molar-refractivity contribution < 1.29 is 17.9 Å². The molecular weight excluding hydrogens is 304 g/mol. The Kier molecular flexibility index (Phi) is 5.08. The Balaban J connectivity index is 2.12. The Morgan fingerprint density at radius 3 is 2.77 bits per heavy atom. The lowest BCUT2D eigenvalue weighted by Gasteiger charge is -2.32. The quantitative estimate of drug-likeness (QED) is 0.901. The van der Waals surface area contributed by atoms with Crippen LogP contribution in [0.5, 0.6) is 5.75 Å². The van der Waals surface area contributed by atoms with Crippen LogP contribution in [0.25, 0.3) is 0 Å². The van der Waals surface area contributed by atoms with Crippen molar-refractivity contribution in [2.24, 2.45) is 0 Å². The van der Waals surface area contributed by atoms with Gasteiger partial charge < -0.3 is 9.64 Å². The smallest absolute Gasteiger partial charge is 0.254 e. The topological polar surface area (TPSA) is 75.7 Å². The molecule has 1 saturated heterocycles. The number of rotatable bonds is 4. The summed E-state index contributed by atoms with van der Waals surface area (Å²) in [4.78, 5) is 14.3. The molecule has 1 aromatic rings. The van der Waals surface area contributed by atoms with E-state index >= 15 is 0 Å². The van der Waals surface area contributed by atoms with Gasteiger partial charge in [-0.3, -0.25) is 4.79 Å². The first-order valence-corrected chi connectivity index (χ1v) is 9.10. The number of hydrogen-bond acceptors (Lipinski definition) is 4. The van der Waals surface area contributed by atoms with Gasteiger partial charge in [0.25, 0.3) is 5.91 Å². The fourth-order valence-electron chi connectivity index (χ4n) is 2.70. The molecule has 0 radical (unpaired) electrons. The summed E-state index contributed by atoms with van der Waals surface area (Å²) in [6, 6.07) is 5.13. The molecule has 0 spiro atoms. The van der Waals surface area contributed by atoms with Crippen LogP contribution < -0.4 is 9.46 Å². The number of piperidine rings is 1. The SMILES string of the molecule is COc1cc(C(=O)N2CCCC(NS(C)(=O)=O)C2)ccc1C. The standard InChI is InChI=1S/C15H22N2O4S/c1-11-6-7-12(9-14(11)21-2)15(18)17-8-4-5-13(10-17)16-22(3,19)20/h6-7,9,13,16H,4-5,8,10H2,1-3H3. The van der Waals surface area contributed by atoms with Crippen LogP contribution in [0.3, 0.4) is 0 Å². The second kappa shape index (κ2) is 6.66. The number of carbonyl (C=O) groups is 1. The summed E-state index contributed by atoms with van der Waals surface area (Å²) in [5.74, 6) is 0.576. The van der Waals surface area contributed by atoms with Crippen molar-refractivity contribution in [2.75, 3.05) is 26.5 Å². The van der Waals surface area contributed by atoms with E-state index in [4.69, 9.17) is 4.74 Å². The minimum atomic E-state index is -3.26. The minimum Gasteiger partial charge on any atom is -0.496 e. The number of likely N-dealkylation sites (tertiary alicyclic amines) is 1. The molecule has 0 saturated carbocycles. The molecule has 1 amide bonds. The molecule has 0 aliphatic carbocycles. The maximum absolute atomic E-state index is 12.6. The van der Waals surface area contributed by atoms with Crippen molar-refractivity contribution in [1.82, 2.24) is 9.62 Å². The first-order chi connectivity index (χ1) is 10.3. The lowest BCUT2D eigenvalue weighted by molar-refractivity contribution is 0.0703. The third-order valence-corrected chi connectivity index (χ3v) is 4.51. The Morgan fingerprint density at radius 1 is 1.41 bits per heavy atom. The number of sulfonamides is 1. The first-order valence-electron chi connectivity index (χ1n) is 7.21. The zero-order valence-electron chi connectivity index (χ0n) is 13.1. The minimum absolute atomic E-state index is 0.0988. The summed E-state index contributed by atoms with van der Waals surface area (Å²) in [5.41, 5.74) is 1.52. The van der Waals surface area contributed by atoms with Crippen molar-refractivity contribution in [3.8, 4) is 5.75 Å². The molecule has 1 aromatic carbocycles. The van der Waals surface area contributed by atoms with E-state index in [1.165, 1.54) is 0 Å². The maximum Gasteiger partial charge on any atom is 0.254 e. The normalized spacial score (nSPS) is 19.0. The van der Waals surface area contributed by atoms with E-state index in [2.05, 4.69) is 4.72 Å². The number of nitrogens with one attached hydrogen (secondary N) is 1. The van der Waals surface area contributed by atoms with Crippen molar-refractivity contribution in [3.05, 3.63) is 29.3 Å². The number of aryl methyl sites for hydroxylation is 1. The highest BCUT2D eigenvalue weighted by Gasteiger charge is 2.26. The summed E-state index contributed by atoms with van der Waals surface area (Å²) in [6.45, 7) is 2.94. The monoisotopic (exact) mass is 326 g/mol. The number of methoxy groups -OCH3 is 1. The van der Waals surface area contributed by atoms with Gasteiger partial charge in [-0.2, -0.15) is 0 Å². The second-order valence-corrected chi connectivity index (χ2v) is 7.44. The Labute approximate surface area is 131 Å². The van der Waals surface area contributed by atoms with Crippen LogP contribution in [0.2, 0.25) is 0 Å². The van der Waals surface area contributed by atoms with E-state index in [0.717, 1.165) is 24.7 Å². The summed E-state index contributed by atoms with van der Waals surface area (Å²) >= 11 is 0. The Bertz CT molecular complexity index is 658. The summed E-state index contributed by atoms with van der Waals surface area (Å²) in [6.07, 6.45) is 2.66. The molecule has 122 valence electrons. The van der Waals surface area contributed by atoms with E-state index in [-0.39, 0.29) is 11.9 Å². The van der Waals surface area contributed by atoms with Crippen LogP contribution in [-0.4, -0.2) is 51.7 Å². The molecule has 1 fully saturated rings. The lowest BCUT2D eigenvalue weighted by Crippen LogP contribution is -2.49. The van der Waals surface area contributed by atoms with Crippen LogP contribution in [0.4, 0.5) is 0 Å². The van der Waals surface area contributed by atoms with Gasteiger partial charge >= 0.3 is 0 Å². The number of amides is 1. The van der Waals surface area contributed by atoms with Gasteiger partial charge in [-0.15, -0.1) is 0 Å². The van der Waals surface area contributed by atoms with Gasteiger partial charge in [0.15, 0.2) is 0 Å². The number of nitrogens with zero attached hydrogens (tertiary/aromatic N) is 1. The molecule has 22 heavy (non-hydrogen) atoms. The van der Waals surface area contributed by atoms with Gasteiger partial charge in [0.1, 0.15) is 5.75 Å². The van der Waals surface area contributed by atoms with E-state index in [1.54, 1.807) is 24.1 Å². The molecule has 1 atom stereocenters. The molecule has 0 aromatic heterocycles. The first kappa shape index (κ1) is 16.8. The van der Waals surface area contributed by atoms with Crippen molar-refractivity contribution >= 4 is 15.9 Å². The van der Waals surface area contributed by atoms with E-state index in [0.29, 0.717) is 24.4 Å². The van der Waals surface area contributed by atoms with Gasteiger partial charge in [-0.05, 0) is 37.5 Å². The predicted molar refractivity (Wildman–Crippen MR) is 84.6 cm³/mol. The van der Waals surface area contributed by atoms with Crippen LogP contribution >= 0.6 is 0 Å². The number of hydrogen-bond donors (Lipinski definition) is 1. The highest BCUT2D eigenvalue weighted by molar-refractivity contribution is 7.88. The summed E-state index contributed by atoms with van der Waals surface area (Å²) in [7, 11) is -1.69. The van der Waals surface area contributed by atoms with Gasteiger partial charge in [0, 0.05) is 24.7 Å². The third-order valence-electron chi connectivity index (χ3n) is 3.74. The van der Waals surface area contributed by atoms with Gasteiger partial charge in [-0.1, -0.05) is 6.07 Å². The molecule has 1 aliphatic heterocycles. The van der Waals surface area contributed by atoms with E-state index in [9.17, 15) is 13.2 Å². The van der Waals surface area contributed by atoms with Crippen LogP contribution in [0.15, 0.2) is 18.2 Å². The fourth-order valence-corrected chi connectivity index (χ4v) is 3.49. The molecule has 7 heteroatoms. The fraction of sp³-hybridized carbons (Fsp3) is 0.533. The number of benzene rings is 1. The maximum atomic E-state index is 12.6. The zero-order chi connectivity index (χ0) is 16.3. The van der Waals surface area contributed by atoms with Crippen molar-refractivity contribution in [3.63, 3.8) is 0 Å². The average Bonchev–Trinajstić information content (AvgIpc) is 2.45. The largest absolute Gasteiger partial charge is 0.496 e. The van der Waals surface area contributed by atoms with E-state index in [1.807, 2.05) is 13.0 Å². The molecule has 1 N–H and O–H groups in total. The number of carbonyl (C=O) groups excluding carboxylic acids is 1. The molecule has 1 unspecified atom stereocenters.